The van der Waals surface area contributed by atoms with Crippen molar-refractivity contribution in [2.24, 2.45) is 11.8 Å². The molecule has 0 radical (unpaired) electrons. The number of likely N-dealkylation sites (N-methyl/N-ethyl adjacent to an activating group) is 1. The number of nitrogens with one attached hydrogen (secondary N) is 1. The number of nitrogens with zero attached hydrogens (tertiary/aromatic N) is 2. The summed E-state index contributed by atoms with van der Waals surface area (Å²) in [4.78, 5) is 29.1. The zero-order valence-electron chi connectivity index (χ0n) is 13.3. The van der Waals surface area contributed by atoms with Crippen LogP contribution in [0.1, 0.15) is 13.3 Å². The SMILES string of the molecule is CCN1CCN(C(=O)C2CC2C(=O)Nc2ccccc2Br)CC1. The van der Waals surface area contributed by atoms with Crippen molar-refractivity contribution in [2.75, 3.05) is 38.0 Å². The van der Waals surface area contributed by atoms with Crippen LogP contribution in [0.4, 0.5) is 5.69 Å². The Hall–Kier alpha value is -1.40. The zero-order chi connectivity index (χ0) is 16.4. The lowest BCUT2D eigenvalue weighted by Crippen LogP contribution is -2.49. The van der Waals surface area contributed by atoms with Gasteiger partial charge in [0.25, 0.3) is 0 Å². The van der Waals surface area contributed by atoms with Crippen molar-refractivity contribution >= 4 is 33.4 Å². The van der Waals surface area contributed by atoms with Gasteiger partial charge in [0.1, 0.15) is 0 Å². The molecule has 0 bridgehead atoms. The Morgan fingerprint density at radius 3 is 2.52 bits per heavy atom. The predicted octanol–water partition coefficient (Wildman–Crippen LogP) is 2.19. The van der Waals surface area contributed by atoms with Gasteiger partial charge in [0.2, 0.25) is 11.8 Å². The third-order valence-electron chi connectivity index (χ3n) is 4.71. The molecule has 2 fully saturated rings. The molecule has 6 heteroatoms. The van der Waals surface area contributed by atoms with Crippen molar-refractivity contribution in [1.29, 1.82) is 0 Å². The molecule has 1 aliphatic heterocycles. The Labute approximate surface area is 145 Å². The van der Waals surface area contributed by atoms with Gasteiger partial charge in [0.15, 0.2) is 0 Å². The van der Waals surface area contributed by atoms with E-state index in [9.17, 15) is 9.59 Å². The average molecular weight is 380 g/mol. The third-order valence-corrected chi connectivity index (χ3v) is 5.40. The van der Waals surface area contributed by atoms with E-state index in [1.165, 1.54) is 0 Å². The standard InChI is InChI=1S/C17H22BrN3O2/c1-2-20-7-9-21(10-8-20)17(23)13-11-12(13)16(22)19-15-6-4-3-5-14(15)18/h3-6,12-13H,2,7-11H2,1H3,(H,19,22). The number of anilines is 1. The lowest BCUT2D eigenvalue weighted by atomic mass is 10.2. The first kappa shape index (κ1) is 16.5. The fraction of sp³-hybridized carbons (Fsp3) is 0.529. The molecule has 1 N–H and O–H groups in total. The first-order chi connectivity index (χ1) is 11.1. The maximum Gasteiger partial charge on any atom is 0.228 e. The van der Waals surface area contributed by atoms with Gasteiger partial charge in [-0.25, -0.2) is 0 Å². The minimum absolute atomic E-state index is 0.0533. The fourth-order valence-electron chi connectivity index (χ4n) is 3.06. The van der Waals surface area contributed by atoms with Crippen molar-refractivity contribution in [3.8, 4) is 0 Å². The second-order valence-corrected chi connectivity index (χ2v) is 7.03. The Bertz CT molecular complexity index is 599. The number of carbonyl (C=O) groups excluding carboxylic acids is 2. The predicted molar refractivity (Wildman–Crippen MR) is 93.1 cm³/mol. The topological polar surface area (TPSA) is 52.7 Å². The highest BCUT2D eigenvalue weighted by molar-refractivity contribution is 9.10. The number of benzene rings is 1. The third kappa shape index (κ3) is 3.75. The summed E-state index contributed by atoms with van der Waals surface area (Å²) in [6.45, 7) is 6.60. The van der Waals surface area contributed by atoms with E-state index in [0.29, 0.717) is 6.42 Å². The number of para-hydroxylation sites is 1. The van der Waals surface area contributed by atoms with E-state index in [4.69, 9.17) is 0 Å². The number of carbonyl (C=O) groups is 2. The molecule has 1 aromatic carbocycles. The van der Waals surface area contributed by atoms with E-state index in [-0.39, 0.29) is 23.7 Å². The van der Waals surface area contributed by atoms with Gasteiger partial charge in [-0.2, -0.15) is 0 Å². The van der Waals surface area contributed by atoms with Gasteiger partial charge >= 0.3 is 0 Å². The largest absolute Gasteiger partial charge is 0.340 e. The van der Waals surface area contributed by atoms with Crippen LogP contribution in [0, 0.1) is 11.8 Å². The highest BCUT2D eigenvalue weighted by Crippen LogP contribution is 2.41. The van der Waals surface area contributed by atoms with Gasteiger partial charge in [-0.05, 0) is 41.0 Å². The first-order valence-electron chi connectivity index (χ1n) is 8.16. The second-order valence-electron chi connectivity index (χ2n) is 6.18. The molecule has 124 valence electrons. The Morgan fingerprint density at radius 2 is 1.87 bits per heavy atom. The Morgan fingerprint density at radius 1 is 1.17 bits per heavy atom. The van der Waals surface area contributed by atoms with Gasteiger partial charge < -0.3 is 15.1 Å². The first-order valence-corrected chi connectivity index (χ1v) is 8.96. The molecular weight excluding hydrogens is 358 g/mol. The van der Waals surface area contributed by atoms with Crippen molar-refractivity contribution in [3.63, 3.8) is 0 Å². The average Bonchev–Trinajstić information content (AvgIpc) is 3.37. The normalized spacial score (nSPS) is 24.3. The van der Waals surface area contributed by atoms with Crippen LogP contribution in [-0.2, 0) is 9.59 Å². The molecule has 2 amide bonds. The van der Waals surface area contributed by atoms with Gasteiger partial charge in [-0.1, -0.05) is 19.1 Å². The van der Waals surface area contributed by atoms with Crippen molar-refractivity contribution in [1.82, 2.24) is 9.80 Å². The summed E-state index contributed by atoms with van der Waals surface area (Å²) in [5.74, 6) is -0.222. The van der Waals surface area contributed by atoms with Gasteiger partial charge in [-0.3, -0.25) is 9.59 Å². The molecule has 1 saturated carbocycles. The van der Waals surface area contributed by atoms with E-state index >= 15 is 0 Å². The van der Waals surface area contributed by atoms with Crippen molar-refractivity contribution in [3.05, 3.63) is 28.7 Å². The van der Waals surface area contributed by atoms with E-state index in [1.54, 1.807) is 0 Å². The number of hydrogen-bond acceptors (Lipinski definition) is 3. The van der Waals surface area contributed by atoms with Crippen LogP contribution in [0.2, 0.25) is 0 Å². The Kier molecular flexibility index (Phi) is 5.02. The highest BCUT2D eigenvalue weighted by atomic mass is 79.9. The summed E-state index contributed by atoms with van der Waals surface area (Å²) in [5, 5.41) is 2.91. The number of piperazine rings is 1. The van der Waals surface area contributed by atoms with Crippen LogP contribution in [-0.4, -0.2) is 54.3 Å². The zero-order valence-corrected chi connectivity index (χ0v) is 14.9. The molecule has 0 aromatic heterocycles. The summed E-state index contributed by atoms with van der Waals surface area (Å²) in [6.07, 6.45) is 0.670. The van der Waals surface area contributed by atoms with E-state index in [2.05, 4.69) is 33.1 Å². The van der Waals surface area contributed by atoms with Crippen LogP contribution >= 0.6 is 15.9 Å². The highest BCUT2D eigenvalue weighted by Gasteiger charge is 2.49. The smallest absolute Gasteiger partial charge is 0.228 e. The molecule has 3 rings (SSSR count). The van der Waals surface area contributed by atoms with Gasteiger partial charge in [0.05, 0.1) is 17.5 Å². The van der Waals surface area contributed by atoms with Crippen LogP contribution in [0.25, 0.3) is 0 Å². The number of amides is 2. The van der Waals surface area contributed by atoms with Crippen molar-refractivity contribution in [2.45, 2.75) is 13.3 Å². The molecule has 2 aliphatic rings. The molecule has 2 unspecified atom stereocenters. The molecule has 5 nitrogen and oxygen atoms in total. The van der Waals surface area contributed by atoms with Gasteiger partial charge in [0, 0.05) is 30.7 Å². The Balaban J connectivity index is 1.52. The fourth-order valence-corrected chi connectivity index (χ4v) is 3.45. The summed E-state index contributed by atoms with van der Waals surface area (Å²) < 4.78 is 0.854. The lowest BCUT2D eigenvalue weighted by molar-refractivity contribution is -0.135. The maximum absolute atomic E-state index is 12.5. The summed E-state index contributed by atoms with van der Waals surface area (Å²) in [6, 6.07) is 7.52. The van der Waals surface area contributed by atoms with Gasteiger partial charge in [-0.15, -0.1) is 0 Å². The van der Waals surface area contributed by atoms with Crippen LogP contribution < -0.4 is 5.32 Å². The summed E-state index contributed by atoms with van der Waals surface area (Å²) in [5.41, 5.74) is 0.757. The van der Waals surface area contributed by atoms with Crippen LogP contribution in [0.15, 0.2) is 28.7 Å². The number of rotatable bonds is 4. The number of halogens is 1. The van der Waals surface area contributed by atoms with E-state index in [1.807, 2.05) is 29.2 Å². The molecule has 1 aromatic rings. The molecule has 1 aliphatic carbocycles. The second kappa shape index (κ2) is 7.01. The molecule has 2 atom stereocenters. The summed E-state index contributed by atoms with van der Waals surface area (Å²) >= 11 is 3.42. The minimum Gasteiger partial charge on any atom is -0.340 e. The minimum atomic E-state index is -0.182. The van der Waals surface area contributed by atoms with E-state index < -0.39 is 0 Å². The quantitative estimate of drug-likeness (QED) is 0.872. The van der Waals surface area contributed by atoms with E-state index in [0.717, 1.165) is 42.9 Å². The number of hydrogen-bond donors (Lipinski definition) is 1. The van der Waals surface area contributed by atoms with Crippen LogP contribution in [0.3, 0.4) is 0 Å². The molecule has 0 spiro atoms. The maximum atomic E-state index is 12.5. The molecule has 1 heterocycles. The summed E-state index contributed by atoms with van der Waals surface area (Å²) in [7, 11) is 0. The van der Waals surface area contributed by atoms with Crippen molar-refractivity contribution < 1.29 is 9.59 Å². The molecule has 23 heavy (non-hydrogen) atoms. The lowest BCUT2D eigenvalue weighted by Gasteiger charge is -2.34. The monoisotopic (exact) mass is 379 g/mol. The van der Waals surface area contributed by atoms with Crippen LogP contribution in [0.5, 0.6) is 0 Å². The molecular formula is C17H22BrN3O2. The molecule has 1 saturated heterocycles.